The molecule has 0 saturated heterocycles. The summed E-state index contributed by atoms with van der Waals surface area (Å²) in [6, 6.07) is 10.4. The molecule has 0 radical (unpaired) electrons. The summed E-state index contributed by atoms with van der Waals surface area (Å²) >= 11 is 3.21. The zero-order valence-electron chi connectivity index (χ0n) is 8.58. The molecular weight excluding hydrogens is 337 g/mol. The Kier molecular flexibility index (Phi) is 4.92. The number of aryl methyl sites for hydroxylation is 1. The Bertz CT molecular complexity index is 347. The lowest BCUT2D eigenvalue weighted by molar-refractivity contribution is 0.213. The molecule has 86 valence electrons. The van der Waals surface area contributed by atoms with Crippen molar-refractivity contribution in [3.63, 3.8) is 0 Å². The maximum Gasteiger partial charge on any atom is 0.171 e. The van der Waals surface area contributed by atoms with Gasteiger partial charge >= 0.3 is 0 Å². The highest BCUT2D eigenvalue weighted by Gasteiger charge is 2.26. The summed E-state index contributed by atoms with van der Waals surface area (Å²) in [5.41, 5.74) is 1.33. The first-order valence-electron chi connectivity index (χ1n) is 5.05. The van der Waals surface area contributed by atoms with E-state index in [4.69, 9.17) is 7.25 Å². The predicted molar refractivity (Wildman–Crippen MR) is 74.6 cm³/mol. The van der Waals surface area contributed by atoms with Gasteiger partial charge in [-0.15, -0.1) is 0 Å². The predicted octanol–water partition coefficient (Wildman–Crippen LogP) is 3.39. The van der Waals surface area contributed by atoms with Crippen molar-refractivity contribution in [1.29, 1.82) is 0 Å². The van der Waals surface area contributed by atoms with Gasteiger partial charge in [0.25, 0.3) is 0 Å². The Labute approximate surface area is 114 Å². The molecule has 1 heterocycles. The summed E-state index contributed by atoms with van der Waals surface area (Å²) in [6.07, 6.45) is 3.62. The molecule has 16 heavy (non-hydrogen) atoms. The number of hydrogen-bond acceptors (Lipinski definition) is 4. The molecule has 1 aromatic carbocycles. The zero-order valence-corrected chi connectivity index (χ0v) is 11.6. The molecule has 1 aliphatic rings. The van der Waals surface area contributed by atoms with Crippen molar-refractivity contribution in [3.8, 4) is 0 Å². The van der Waals surface area contributed by atoms with Crippen molar-refractivity contribution in [3.05, 3.63) is 35.9 Å². The van der Waals surface area contributed by atoms with Crippen LogP contribution in [0.1, 0.15) is 12.0 Å². The lowest BCUT2D eigenvalue weighted by Gasteiger charge is -2.14. The fourth-order valence-corrected chi connectivity index (χ4v) is 2.76. The maximum absolute atomic E-state index is 5.44. The van der Waals surface area contributed by atoms with Gasteiger partial charge in [0.15, 0.2) is 11.8 Å². The van der Waals surface area contributed by atoms with Crippen molar-refractivity contribution in [2.45, 2.75) is 24.3 Å². The number of benzene rings is 1. The monoisotopic (exact) mass is 349 g/mol. The second-order valence-electron chi connectivity index (χ2n) is 3.50. The van der Waals surface area contributed by atoms with Crippen molar-refractivity contribution < 1.29 is 7.25 Å². The molecule has 0 unspecified atom stereocenters. The van der Waals surface area contributed by atoms with Crippen LogP contribution in [0.5, 0.6) is 0 Å². The first-order valence-corrected chi connectivity index (χ1v) is 6.74. The van der Waals surface area contributed by atoms with Crippen LogP contribution in [0.25, 0.3) is 0 Å². The second-order valence-corrected chi connectivity index (χ2v) is 5.38. The van der Waals surface area contributed by atoms with Crippen LogP contribution >= 0.6 is 35.0 Å². The van der Waals surface area contributed by atoms with Gasteiger partial charge in [0, 0.05) is 12.0 Å². The minimum absolute atomic E-state index is 0.0700. The van der Waals surface area contributed by atoms with Crippen LogP contribution in [-0.4, -0.2) is 17.9 Å². The van der Waals surface area contributed by atoms with Gasteiger partial charge in [0.2, 0.25) is 0 Å². The number of ether oxygens (including phenoxy) is 1. The minimum Gasteiger partial charge on any atom is -0.477 e. The van der Waals surface area contributed by atoms with Crippen LogP contribution in [0.4, 0.5) is 0 Å². The van der Waals surface area contributed by atoms with Crippen LogP contribution in [0.15, 0.2) is 35.3 Å². The highest BCUT2D eigenvalue weighted by molar-refractivity contribution is 14.1. The SMILES string of the molecule is IOS[C@@H]1N=CO[C@H]1CCc1ccccc1. The normalized spacial score (nSPS) is 23.3. The van der Waals surface area contributed by atoms with Gasteiger partial charge in [-0.05, 0) is 18.4 Å². The first-order chi connectivity index (χ1) is 7.90. The number of halogens is 1. The van der Waals surface area contributed by atoms with E-state index in [1.807, 2.05) is 29.1 Å². The molecule has 0 amide bonds. The Morgan fingerprint density at radius 1 is 1.38 bits per heavy atom. The molecule has 0 aliphatic carbocycles. The van der Waals surface area contributed by atoms with Gasteiger partial charge < -0.3 is 4.74 Å². The third-order valence-electron chi connectivity index (χ3n) is 2.46. The fourth-order valence-electron chi connectivity index (χ4n) is 1.62. The van der Waals surface area contributed by atoms with E-state index in [-0.39, 0.29) is 11.5 Å². The molecule has 0 bridgehead atoms. The second kappa shape index (κ2) is 6.46. The Morgan fingerprint density at radius 3 is 2.94 bits per heavy atom. The Morgan fingerprint density at radius 2 is 2.19 bits per heavy atom. The topological polar surface area (TPSA) is 30.8 Å². The smallest absolute Gasteiger partial charge is 0.171 e. The number of aliphatic imine (C=N–C) groups is 1. The minimum atomic E-state index is 0.0700. The van der Waals surface area contributed by atoms with Gasteiger partial charge in [-0.3, -0.25) is 0 Å². The third kappa shape index (κ3) is 3.36. The largest absolute Gasteiger partial charge is 0.477 e. The first kappa shape index (κ1) is 12.2. The Balaban J connectivity index is 1.82. The molecule has 2 atom stereocenters. The average Bonchev–Trinajstić information content (AvgIpc) is 2.76. The summed E-state index contributed by atoms with van der Waals surface area (Å²) < 4.78 is 10.4. The molecular formula is C11H12INO2S. The molecule has 3 nitrogen and oxygen atoms in total. The highest BCUT2D eigenvalue weighted by Crippen LogP contribution is 2.27. The molecule has 0 saturated carbocycles. The molecule has 5 heteroatoms. The molecule has 0 spiro atoms. The van der Waals surface area contributed by atoms with Crippen LogP contribution in [-0.2, 0) is 13.7 Å². The van der Waals surface area contributed by atoms with Crippen LogP contribution in [0, 0.1) is 0 Å². The summed E-state index contributed by atoms with van der Waals surface area (Å²) in [6.45, 7) is 0. The van der Waals surface area contributed by atoms with E-state index >= 15 is 0 Å². The molecule has 0 aromatic heterocycles. The molecule has 0 N–H and O–H groups in total. The molecule has 2 rings (SSSR count). The summed E-state index contributed by atoms with van der Waals surface area (Å²) in [5, 5.41) is 0.0700. The lowest BCUT2D eigenvalue weighted by Crippen LogP contribution is -2.19. The molecule has 0 fully saturated rings. The van der Waals surface area contributed by atoms with Crippen LogP contribution < -0.4 is 0 Å². The van der Waals surface area contributed by atoms with E-state index in [9.17, 15) is 0 Å². The quantitative estimate of drug-likeness (QED) is 0.603. The fraction of sp³-hybridized carbons (Fsp3) is 0.364. The van der Waals surface area contributed by atoms with E-state index in [0.29, 0.717) is 0 Å². The number of hydrogen-bond donors (Lipinski definition) is 0. The van der Waals surface area contributed by atoms with Crippen molar-refractivity contribution in [1.82, 2.24) is 0 Å². The maximum atomic E-state index is 5.44. The lowest BCUT2D eigenvalue weighted by atomic mass is 10.1. The van der Waals surface area contributed by atoms with Gasteiger partial charge in [-0.2, -0.15) is 0 Å². The van der Waals surface area contributed by atoms with E-state index in [1.54, 1.807) is 0 Å². The summed E-state index contributed by atoms with van der Waals surface area (Å²) in [4.78, 5) is 4.21. The van der Waals surface area contributed by atoms with Crippen molar-refractivity contribution in [2.75, 3.05) is 0 Å². The number of rotatable bonds is 5. The van der Waals surface area contributed by atoms with Gasteiger partial charge in [-0.25, -0.2) is 7.50 Å². The molecule has 1 aromatic rings. The molecule has 1 aliphatic heterocycles. The van der Waals surface area contributed by atoms with E-state index < -0.39 is 0 Å². The van der Waals surface area contributed by atoms with E-state index in [0.717, 1.165) is 12.8 Å². The van der Waals surface area contributed by atoms with Crippen molar-refractivity contribution >= 4 is 41.4 Å². The third-order valence-corrected chi connectivity index (χ3v) is 3.77. The van der Waals surface area contributed by atoms with Gasteiger partial charge in [0.05, 0.1) is 0 Å². The van der Waals surface area contributed by atoms with Crippen molar-refractivity contribution in [2.24, 2.45) is 4.99 Å². The highest BCUT2D eigenvalue weighted by atomic mass is 127. The Hall–Kier alpha value is -0.270. The van der Waals surface area contributed by atoms with Crippen LogP contribution in [0.2, 0.25) is 0 Å². The van der Waals surface area contributed by atoms with E-state index in [2.05, 4.69) is 29.3 Å². The summed E-state index contributed by atoms with van der Waals surface area (Å²) in [7, 11) is 0. The number of nitrogens with zero attached hydrogens (tertiary/aromatic N) is 1. The summed E-state index contributed by atoms with van der Waals surface area (Å²) in [5.74, 6) is 0. The van der Waals surface area contributed by atoms with E-state index in [1.165, 1.54) is 24.0 Å². The van der Waals surface area contributed by atoms with Crippen LogP contribution in [0.3, 0.4) is 0 Å². The zero-order chi connectivity index (χ0) is 11.2. The van der Waals surface area contributed by atoms with Gasteiger partial charge in [0.1, 0.15) is 29.1 Å². The van der Waals surface area contributed by atoms with Gasteiger partial charge in [-0.1, -0.05) is 30.3 Å². The standard InChI is InChI=1S/C11H12INO2S/c12-15-16-11-10(14-8-13-11)7-6-9-4-2-1-3-5-9/h1-5,8,10-11H,6-7H2/t10-,11-/m0/s1. The average molecular weight is 349 g/mol.